The van der Waals surface area contributed by atoms with E-state index < -0.39 is 86.5 Å². The van der Waals surface area contributed by atoms with Crippen LogP contribution in [0.1, 0.15) is 129 Å². The summed E-state index contributed by atoms with van der Waals surface area (Å²) in [7, 11) is 0. The summed E-state index contributed by atoms with van der Waals surface area (Å²) in [5.41, 5.74) is -2.13. The molecule has 8 N–H and O–H groups in total. The maximum absolute atomic E-state index is 13.0. The number of hydrogen-bond donors (Lipinski definition) is 8. The molecule has 0 saturated carbocycles. The summed E-state index contributed by atoms with van der Waals surface area (Å²) >= 11 is 0. The predicted molar refractivity (Wildman–Crippen MR) is 176 cm³/mol. The van der Waals surface area contributed by atoms with Gasteiger partial charge in [-0.3, -0.25) is 0 Å². The largest absolute Gasteiger partial charge is 0.490 e. The van der Waals surface area contributed by atoms with Crippen LogP contribution in [0.25, 0.3) is 0 Å². The fourth-order valence-corrected chi connectivity index (χ4v) is 6.34. The lowest BCUT2D eigenvalue weighted by Gasteiger charge is -2.39. The van der Waals surface area contributed by atoms with Crippen LogP contribution in [0, 0.1) is 0 Å². The van der Waals surface area contributed by atoms with Crippen molar-refractivity contribution in [1.82, 2.24) is 0 Å². The second kappa shape index (κ2) is 23.8. The lowest BCUT2D eigenvalue weighted by molar-refractivity contribution is -0.291. The molecule has 2 aliphatic heterocycles. The molecule has 13 heteroatoms. The molecule has 0 bridgehead atoms. The molecule has 2 unspecified atom stereocenters. The Kier molecular flexibility index (Phi) is 21.1. The van der Waals surface area contributed by atoms with Crippen LogP contribution >= 0.6 is 0 Å². The lowest BCUT2D eigenvalue weighted by Crippen LogP contribution is -2.59. The van der Waals surface area contributed by atoms with Gasteiger partial charge in [0.25, 0.3) is 0 Å². The predicted octanol–water partition coefficient (Wildman–Crippen LogP) is 2.46. The highest BCUT2D eigenvalue weighted by Crippen LogP contribution is 2.42. The van der Waals surface area contributed by atoms with Gasteiger partial charge in [0.15, 0.2) is 5.76 Å². The van der Waals surface area contributed by atoms with Crippen molar-refractivity contribution in [2.75, 3.05) is 26.4 Å². The van der Waals surface area contributed by atoms with Gasteiger partial charge in [0.1, 0.15) is 30.5 Å². The van der Waals surface area contributed by atoms with Crippen LogP contribution in [0.4, 0.5) is 0 Å². The number of esters is 1. The Morgan fingerprint density at radius 1 is 0.708 bits per heavy atom. The summed E-state index contributed by atoms with van der Waals surface area (Å²) in [6.07, 6.45) is 9.62. The number of aliphatic hydroxyl groups is 8. The van der Waals surface area contributed by atoms with Gasteiger partial charge in [-0.25, -0.2) is 4.79 Å². The normalized spacial score (nSPS) is 27.3. The maximum atomic E-state index is 13.0. The molecule has 2 heterocycles. The van der Waals surface area contributed by atoms with Crippen molar-refractivity contribution in [2.24, 2.45) is 0 Å². The molecule has 2 rings (SSSR count). The molecule has 282 valence electrons. The summed E-state index contributed by atoms with van der Waals surface area (Å²) in [4.78, 5) is 13.0. The Bertz CT molecular complexity index is 900. The van der Waals surface area contributed by atoms with Crippen molar-refractivity contribution in [2.45, 2.75) is 177 Å². The van der Waals surface area contributed by atoms with E-state index in [1.54, 1.807) is 0 Å². The molecule has 0 spiro atoms. The SMILES string of the molecule is CCCCCCCCCCCCCCCCCCCCOC1=C(OC2O[C@H](CO)[C@@H](O)[C@H](O)[C@H]2O)C(=O)O[C@]1(CC(O)CO)[C@@H](O)CO. The summed E-state index contributed by atoms with van der Waals surface area (Å²) < 4.78 is 22.3. The smallest absolute Gasteiger partial charge is 0.378 e. The van der Waals surface area contributed by atoms with E-state index in [1.807, 2.05) is 0 Å². The molecule has 0 aromatic rings. The van der Waals surface area contributed by atoms with Crippen LogP contribution in [0.5, 0.6) is 0 Å². The number of unbranched alkanes of at least 4 members (excludes halogenated alkanes) is 17. The van der Waals surface area contributed by atoms with Crippen LogP contribution in [0.2, 0.25) is 0 Å². The minimum atomic E-state index is -2.13. The molecule has 0 aromatic heterocycles. The zero-order valence-electron chi connectivity index (χ0n) is 28.9. The van der Waals surface area contributed by atoms with E-state index in [1.165, 1.54) is 83.5 Å². The van der Waals surface area contributed by atoms with Crippen LogP contribution in [0.15, 0.2) is 11.5 Å². The van der Waals surface area contributed by atoms with Gasteiger partial charge in [-0.15, -0.1) is 0 Å². The van der Waals surface area contributed by atoms with Crippen molar-refractivity contribution in [3.05, 3.63) is 11.5 Å². The van der Waals surface area contributed by atoms with E-state index in [-0.39, 0.29) is 12.4 Å². The molecule has 13 nitrogen and oxygen atoms in total. The van der Waals surface area contributed by atoms with E-state index in [9.17, 15) is 45.6 Å². The van der Waals surface area contributed by atoms with Gasteiger partial charge in [0.05, 0.1) is 32.5 Å². The molecule has 0 aliphatic carbocycles. The molecule has 1 saturated heterocycles. The monoisotopic (exact) mass is 692 g/mol. The summed E-state index contributed by atoms with van der Waals surface area (Å²) in [6.45, 7) is -0.0648. The van der Waals surface area contributed by atoms with Gasteiger partial charge in [-0.05, 0) is 6.42 Å². The minimum absolute atomic E-state index is 0.0569. The first-order chi connectivity index (χ1) is 23.2. The van der Waals surface area contributed by atoms with Gasteiger partial charge in [0, 0.05) is 6.42 Å². The highest BCUT2D eigenvalue weighted by Gasteiger charge is 2.58. The number of aliphatic hydroxyl groups excluding tert-OH is 8. The van der Waals surface area contributed by atoms with E-state index in [0.717, 1.165) is 25.7 Å². The van der Waals surface area contributed by atoms with Crippen molar-refractivity contribution >= 4 is 5.97 Å². The number of rotatable bonds is 28. The van der Waals surface area contributed by atoms with Crippen molar-refractivity contribution in [3.63, 3.8) is 0 Å². The van der Waals surface area contributed by atoms with Gasteiger partial charge in [0.2, 0.25) is 17.7 Å². The zero-order valence-corrected chi connectivity index (χ0v) is 28.9. The first kappa shape index (κ1) is 42.6. The van der Waals surface area contributed by atoms with E-state index in [4.69, 9.17) is 18.9 Å². The highest BCUT2D eigenvalue weighted by atomic mass is 16.7. The number of carbonyl (C=O) groups excluding carboxylic acids is 1. The van der Waals surface area contributed by atoms with E-state index in [0.29, 0.717) is 6.42 Å². The van der Waals surface area contributed by atoms with Gasteiger partial charge in [-0.2, -0.15) is 0 Å². The third kappa shape index (κ3) is 13.3. The fourth-order valence-electron chi connectivity index (χ4n) is 6.34. The number of hydrogen-bond acceptors (Lipinski definition) is 13. The standard InChI is InChI=1S/C35H64O13/c1-2-3-4-5-6-7-8-9-10-11-12-13-14-15-16-17-18-19-20-45-32-31(47-34-30(43)29(42)28(41)26(23-37)46-34)33(44)48-35(32,27(40)24-38)21-25(39)22-36/h25-30,34,36-43H,2-24H2,1H3/t25?,26-,27+,28-,29+,30-,34?,35-/m1/s1. The molecular formula is C35H64O13. The van der Waals surface area contributed by atoms with Crippen molar-refractivity contribution < 1.29 is 64.6 Å². The molecule has 2 aliphatic rings. The van der Waals surface area contributed by atoms with Crippen LogP contribution in [0.3, 0.4) is 0 Å². The van der Waals surface area contributed by atoms with Crippen LogP contribution in [-0.4, -0.2) is 122 Å². The van der Waals surface area contributed by atoms with Crippen molar-refractivity contribution in [3.8, 4) is 0 Å². The van der Waals surface area contributed by atoms with Gasteiger partial charge >= 0.3 is 5.97 Å². The first-order valence-corrected chi connectivity index (χ1v) is 18.3. The maximum Gasteiger partial charge on any atom is 0.378 e. The summed E-state index contributed by atoms with van der Waals surface area (Å²) in [5.74, 6) is -2.18. The minimum Gasteiger partial charge on any atom is -0.490 e. The summed E-state index contributed by atoms with van der Waals surface area (Å²) in [5, 5.41) is 80.5. The number of cyclic esters (lactones) is 1. The lowest BCUT2D eigenvalue weighted by atomic mass is 9.88. The first-order valence-electron chi connectivity index (χ1n) is 18.3. The molecule has 48 heavy (non-hydrogen) atoms. The van der Waals surface area contributed by atoms with E-state index in [2.05, 4.69) is 6.92 Å². The average Bonchev–Trinajstić information content (AvgIpc) is 3.35. The van der Waals surface area contributed by atoms with Gasteiger partial charge in [-0.1, -0.05) is 116 Å². The fraction of sp³-hybridized carbons (Fsp3) is 0.914. The second-order valence-corrected chi connectivity index (χ2v) is 13.4. The molecule has 0 radical (unpaired) electrons. The van der Waals surface area contributed by atoms with Gasteiger partial charge < -0.3 is 59.8 Å². The molecule has 8 atom stereocenters. The topological polar surface area (TPSA) is 216 Å². The Morgan fingerprint density at radius 3 is 1.67 bits per heavy atom. The Hall–Kier alpha value is -1.55. The Labute approximate surface area is 285 Å². The molecule has 0 aromatic carbocycles. The number of ether oxygens (including phenoxy) is 4. The number of carbonyl (C=O) groups is 1. The van der Waals surface area contributed by atoms with E-state index >= 15 is 0 Å². The molecule has 1 fully saturated rings. The summed E-state index contributed by atoms with van der Waals surface area (Å²) in [6, 6.07) is 0. The van der Waals surface area contributed by atoms with Crippen molar-refractivity contribution in [1.29, 1.82) is 0 Å². The average molecular weight is 693 g/mol. The quantitative estimate of drug-likeness (QED) is 0.0438. The third-order valence-electron chi connectivity index (χ3n) is 9.34. The van der Waals surface area contributed by atoms with Crippen LogP contribution in [-0.2, 0) is 23.7 Å². The molecular weight excluding hydrogens is 628 g/mol. The second-order valence-electron chi connectivity index (χ2n) is 13.4. The third-order valence-corrected chi connectivity index (χ3v) is 9.34. The Morgan fingerprint density at radius 2 is 1.21 bits per heavy atom. The molecule has 0 amide bonds. The highest BCUT2D eigenvalue weighted by molar-refractivity contribution is 5.90. The van der Waals surface area contributed by atoms with Crippen LogP contribution < -0.4 is 0 Å². The Balaban J connectivity index is 1.84. The zero-order chi connectivity index (χ0) is 35.4.